The van der Waals surface area contributed by atoms with Gasteiger partial charge in [-0.15, -0.1) is 0 Å². The van der Waals surface area contributed by atoms with Crippen molar-refractivity contribution < 1.29 is 28.6 Å². The summed E-state index contributed by atoms with van der Waals surface area (Å²) in [5.41, 5.74) is 1.85. The molecule has 1 aliphatic heterocycles. The van der Waals surface area contributed by atoms with Gasteiger partial charge in [-0.25, -0.2) is 0 Å². The smallest absolute Gasteiger partial charge is 0.296 e. The van der Waals surface area contributed by atoms with Crippen LogP contribution in [0.15, 0.2) is 64.6 Å². The number of aliphatic hydroxyl groups excluding tert-OH is 1. The summed E-state index contributed by atoms with van der Waals surface area (Å²) in [6, 6.07) is 15.3. The molecule has 1 N–H and O–H groups in total. The number of aliphatic hydroxyl groups is 1. The molecule has 1 aromatic heterocycles. The number of hydrogen-bond donors (Lipinski definition) is 1. The van der Waals surface area contributed by atoms with Crippen LogP contribution in [0.2, 0.25) is 0 Å². The van der Waals surface area contributed by atoms with Crippen molar-refractivity contribution in [2.24, 2.45) is 0 Å². The molecule has 1 aliphatic rings. The van der Waals surface area contributed by atoms with Gasteiger partial charge in [-0.2, -0.15) is 0 Å². The molecule has 7 nitrogen and oxygen atoms in total. The van der Waals surface area contributed by atoms with Gasteiger partial charge < -0.3 is 23.9 Å². The van der Waals surface area contributed by atoms with Gasteiger partial charge in [0.05, 0.1) is 25.4 Å². The number of ketones is 1. The van der Waals surface area contributed by atoms with Gasteiger partial charge in [-0.3, -0.25) is 9.59 Å². The quantitative estimate of drug-likeness (QED) is 0.278. The molecule has 7 heteroatoms. The molecule has 188 valence electrons. The second-order valence-corrected chi connectivity index (χ2v) is 9.89. The Balaban J connectivity index is 1.88. The second-order valence-electron chi connectivity index (χ2n) is 9.89. The molecule has 1 unspecified atom stereocenters. The number of aryl methyl sites for hydroxylation is 1. The number of carbonyl (C=O) groups is 2. The maximum absolute atomic E-state index is 13.4. The standard InChI is InChI=1S/C29H31NO6/c1-17-7-13-23(36-17)25-24(26(31)21-15-19(29(2,3)4)10-14-22(21)35-6)27(32)28(33)30(25)16-18-8-11-20(34-5)12-9-18/h7-15,25,31H,16H2,1-6H3/b26-24+. The number of nitrogens with zero attached hydrogens (tertiary/aromatic N) is 1. The van der Waals surface area contributed by atoms with Gasteiger partial charge in [-0.1, -0.05) is 39.0 Å². The molecule has 1 amide bonds. The van der Waals surface area contributed by atoms with Crippen LogP contribution in [0.3, 0.4) is 0 Å². The maximum atomic E-state index is 13.4. The third kappa shape index (κ3) is 4.61. The summed E-state index contributed by atoms with van der Waals surface area (Å²) in [6.07, 6.45) is 0. The minimum atomic E-state index is -0.899. The SMILES string of the molecule is COc1ccc(CN2C(=O)C(=O)/C(=C(/O)c3cc(C(C)(C)C)ccc3OC)C2c2ccc(C)o2)cc1. The molecule has 4 rings (SSSR count). The maximum Gasteiger partial charge on any atom is 0.296 e. The summed E-state index contributed by atoms with van der Waals surface area (Å²) in [5.74, 6) is 0.328. The zero-order valence-corrected chi connectivity index (χ0v) is 21.4. The number of ether oxygens (including phenoxy) is 2. The van der Waals surface area contributed by atoms with Crippen molar-refractivity contribution in [3.63, 3.8) is 0 Å². The third-order valence-electron chi connectivity index (χ3n) is 6.40. The van der Waals surface area contributed by atoms with Crippen LogP contribution < -0.4 is 9.47 Å². The molecule has 1 fully saturated rings. The highest BCUT2D eigenvalue weighted by Gasteiger charge is 2.47. The van der Waals surface area contributed by atoms with Crippen LogP contribution in [0, 0.1) is 6.92 Å². The van der Waals surface area contributed by atoms with Gasteiger partial charge in [0.25, 0.3) is 11.7 Å². The predicted molar refractivity (Wildman–Crippen MR) is 136 cm³/mol. The third-order valence-corrected chi connectivity index (χ3v) is 6.40. The monoisotopic (exact) mass is 489 g/mol. The lowest BCUT2D eigenvalue weighted by Gasteiger charge is -2.24. The van der Waals surface area contributed by atoms with E-state index < -0.39 is 17.7 Å². The molecule has 3 aromatic rings. The summed E-state index contributed by atoms with van der Waals surface area (Å²) in [5, 5.41) is 11.5. The molecule has 0 saturated carbocycles. The number of carbonyl (C=O) groups excluding carboxylic acids is 2. The van der Waals surface area contributed by atoms with E-state index in [4.69, 9.17) is 13.9 Å². The predicted octanol–water partition coefficient (Wildman–Crippen LogP) is 5.52. The van der Waals surface area contributed by atoms with E-state index in [1.54, 1.807) is 50.4 Å². The summed E-state index contributed by atoms with van der Waals surface area (Å²) < 4.78 is 16.6. The van der Waals surface area contributed by atoms with E-state index in [0.29, 0.717) is 28.6 Å². The second kappa shape index (κ2) is 9.57. The number of rotatable bonds is 6. The van der Waals surface area contributed by atoms with Crippen LogP contribution in [0.5, 0.6) is 11.5 Å². The average Bonchev–Trinajstić information content (AvgIpc) is 3.39. The minimum Gasteiger partial charge on any atom is -0.507 e. The Labute approximate surface area is 210 Å². The van der Waals surface area contributed by atoms with E-state index in [1.165, 1.54) is 12.0 Å². The molecule has 2 heterocycles. The van der Waals surface area contributed by atoms with Crippen molar-refractivity contribution in [3.8, 4) is 11.5 Å². The Morgan fingerprint density at radius 3 is 2.25 bits per heavy atom. The highest BCUT2D eigenvalue weighted by atomic mass is 16.5. The van der Waals surface area contributed by atoms with Crippen molar-refractivity contribution in [2.75, 3.05) is 14.2 Å². The van der Waals surface area contributed by atoms with Crippen LogP contribution >= 0.6 is 0 Å². The molecular formula is C29H31NO6. The highest BCUT2D eigenvalue weighted by Crippen LogP contribution is 2.43. The fourth-order valence-corrected chi connectivity index (χ4v) is 4.37. The first-order chi connectivity index (χ1) is 17.0. The van der Waals surface area contributed by atoms with Crippen molar-refractivity contribution in [2.45, 2.75) is 45.7 Å². The summed E-state index contributed by atoms with van der Waals surface area (Å²) in [4.78, 5) is 28.1. The Hall–Kier alpha value is -4.00. The van der Waals surface area contributed by atoms with Crippen molar-refractivity contribution in [1.82, 2.24) is 4.90 Å². The van der Waals surface area contributed by atoms with E-state index in [9.17, 15) is 14.7 Å². The van der Waals surface area contributed by atoms with Crippen LogP contribution in [-0.2, 0) is 21.5 Å². The van der Waals surface area contributed by atoms with E-state index in [-0.39, 0.29) is 23.3 Å². The van der Waals surface area contributed by atoms with Gasteiger partial charge in [0.2, 0.25) is 0 Å². The van der Waals surface area contributed by atoms with Gasteiger partial charge >= 0.3 is 0 Å². The zero-order chi connectivity index (χ0) is 26.2. The molecular weight excluding hydrogens is 458 g/mol. The number of Topliss-reactive ketones (excluding diaryl/α,β-unsaturated/α-hetero) is 1. The van der Waals surface area contributed by atoms with Gasteiger partial charge in [0, 0.05) is 6.54 Å². The molecule has 1 atom stereocenters. The highest BCUT2D eigenvalue weighted by molar-refractivity contribution is 6.46. The zero-order valence-electron chi connectivity index (χ0n) is 21.4. The lowest BCUT2D eigenvalue weighted by molar-refractivity contribution is -0.140. The fraction of sp³-hybridized carbons (Fsp3) is 0.310. The van der Waals surface area contributed by atoms with Gasteiger partial charge in [-0.05, 0) is 59.9 Å². The van der Waals surface area contributed by atoms with Crippen LogP contribution in [0.25, 0.3) is 5.76 Å². The summed E-state index contributed by atoms with van der Waals surface area (Å²) in [7, 11) is 3.08. The first-order valence-electron chi connectivity index (χ1n) is 11.7. The Morgan fingerprint density at radius 1 is 1.00 bits per heavy atom. The van der Waals surface area contributed by atoms with Gasteiger partial charge in [0.1, 0.15) is 34.8 Å². The van der Waals surface area contributed by atoms with Gasteiger partial charge in [0.15, 0.2) is 0 Å². The molecule has 36 heavy (non-hydrogen) atoms. The summed E-state index contributed by atoms with van der Waals surface area (Å²) in [6.45, 7) is 8.10. The molecule has 1 saturated heterocycles. The van der Waals surface area contributed by atoms with Crippen molar-refractivity contribution >= 4 is 17.4 Å². The topological polar surface area (TPSA) is 89.2 Å². The van der Waals surface area contributed by atoms with Crippen LogP contribution in [0.4, 0.5) is 0 Å². The Morgan fingerprint density at radius 2 is 1.69 bits per heavy atom. The minimum absolute atomic E-state index is 0.0350. The van der Waals surface area contributed by atoms with Crippen molar-refractivity contribution in [3.05, 3.63) is 88.4 Å². The summed E-state index contributed by atoms with van der Waals surface area (Å²) >= 11 is 0. The van der Waals surface area contributed by atoms with Crippen LogP contribution in [0.1, 0.15) is 55.0 Å². The molecule has 0 spiro atoms. The lowest BCUT2D eigenvalue weighted by atomic mass is 9.85. The Bertz CT molecular complexity index is 1330. The first-order valence-corrected chi connectivity index (χ1v) is 11.7. The molecule has 2 aromatic carbocycles. The van der Waals surface area contributed by atoms with Crippen molar-refractivity contribution in [1.29, 1.82) is 0 Å². The van der Waals surface area contributed by atoms with Crippen LogP contribution in [-0.4, -0.2) is 35.9 Å². The Kier molecular flexibility index (Phi) is 6.67. The largest absolute Gasteiger partial charge is 0.507 e. The number of benzene rings is 2. The van der Waals surface area contributed by atoms with E-state index >= 15 is 0 Å². The fourth-order valence-electron chi connectivity index (χ4n) is 4.37. The first kappa shape index (κ1) is 25.1. The van der Waals surface area contributed by atoms with E-state index in [2.05, 4.69) is 20.8 Å². The van der Waals surface area contributed by atoms with E-state index in [0.717, 1.165) is 11.1 Å². The molecule has 0 radical (unpaired) electrons. The number of hydrogen-bond acceptors (Lipinski definition) is 6. The normalized spacial score (nSPS) is 17.5. The number of furan rings is 1. The number of methoxy groups -OCH3 is 2. The lowest BCUT2D eigenvalue weighted by Crippen LogP contribution is -2.29. The number of amides is 1. The average molecular weight is 490 g/mol. The number of likely N-dealkylation sites (tertiary alicyclic amines) is 1. The molecule has 0 aliphatic carbocycles. The molecule has 0 bridgehead atoms. The van der Waals surface area contributed by atoms with E-state index in [1.807, 2.05) is 18.2 Å².